The van der Waals surface area contributed by atoms with E-state index in [2.05, 4.69) is 5.32 Å². The van der Waals surface area contributed by atoms with Gasteiger partial charge in [0, 0.05) is 6.04 Å². The van der Waals surface area contributed by atoms with Crippen LogP contribution in [0.4, 0.5) is 15.8 Å². The van der Waals surface area contributed by atoms with Gasteiger partial charge in [0.1, 0.15) is 5.82 Å². The number of carbonyl (C=O) groups is 1. The molecule has 5 heteroatoms. The zero-order valence-electron chi connectivity index (χ0n) is 11.9. The van der Waals surface area contributed by atoms with Crippen LogP contribution in [0.2, 0.25) is 0 Å². The molecule has 0 radical (unpaired) electrons. The number of anilines is 2. The standard InChI is InChI=1S/C16H17FN2O2/c1-10(11-5-3-6-12(17)9-11)19-15-13(16(20)21-2)7-4-8-14(15)18/h3-10,19H,18H2,1-2H3. The van der Waals surface area contributed by atoms with E-state index in [4.69, 9.17) is 10.5 Å². The average molecular weight is 288 g/mol. The number of rotatable bonds is 4. The van der Waals surface area contributed by atoms with E-state index in [0.717, 1.165) is 5.56 Å². The number of hydrogen-bond donors (Lipinski definition) is 2. The van der Waals surface area contributed by atoms with Crippen molar-refractivity contribution in [1.82, 2.24) is 0 Å². The Kier molecular flexibility index (Phi) is 4.42. The van der Waals surface area contributed by atoms with Crippen LogP contribution in [0.5, 0.6) is 0 Å². The quantitative estimate of drug-likeness (QED) is 0.669. The van der Waals surface area contributed by atoms with Crippen molar-refractivity contribution in [3.8, 4) is 0 Å². The third-order valence-corrected chi connectivity index (χ3v) is 3.21. The number of para-hydroxylation sites is 1. The van der Waals surface area contributed by atoms with Gasteiger partial charge in [-0.2, -0.15) is 0 Å². The van der Waals surface area contributed by atoms with Gasteiger partial charge in [-0.3, -0.25) is 0 Å². The van der Waals surface area contributed by atoms with Crippen LogP contribution in [0, 0.1) is 5.82 Å². The number of ether oxygens (including phenoxy) is 1. The molecule has 0 heterocycles. The predicted molar refractivity (Wildman–Crippen MR) is 80.6 cm³/mol. The fourth-order valence-electron chi connectivity index (χ4n) is 2.09. The fourth-order valence-corrected chi connectivity index (χ4v) is 2.09. The largest absolute Gasteiger partial charge is 0.465 e. The highest BCUT2D eigenvalue weighted by molar-refractivity contribution is 5.98. The first kappa shape index (κ1) is 14.8. The second-order valence-corrected chi connectivity index (χ2v) is 4.68. The number of carbonyl (C=O) groups excluding carboxylic acids is 1. The molecule has 2 aromatic rings. The van der Waals surface area contributed by atoms with Crippen LogP contribution < -0.4 is 11.1 Å². The molecule has 0 aliphatic carbocycles. The van der Waals surface area contributed by atoms with Gasteiger partial charge in [-0.05, 0) is 36.8 Å². The maximum absolute atomic E-state index is 13.3. The van der Waals surface area contributed by atoms with Gasteiger partial charge in [0.2, 0.25) is 0 Å². The van der Waals surface area contributed by atoms with Gasteiger partial charge in [0.25, 0.3) is 0 Å². The van der Waals surface area contributed by atoms with E-state index >= 15 is 0 Å². The maximum Gasteiger partial charge on any atom is 0.340 e. The highest BCUT2D eigenvalue weighted by atomic mass is 19.1. The van der Waals surface area contributed by atoms with Crippen molar-refractivity contribution < 1.29 is 13.9 Å². The highest BCUT2D eigenvalue weighted by Gasteiger charge is 2.16. The Morgan fingerprint density at radius 2 is 2.00 bits per heavy atom. The number of nitrogen functional groups attached to an aromatic ring is 1. The Morgan fingerprint density at radius 3 is 2.67 bits per heavy atom. The zero-order chi connectivity index (χ0) is 15.4. The number of halogens is 1. The minimum absolute atomic E-state index is 0.214. The summed E-state index contributed by atoms with van der Waals surface area (Å²) in [5, 5.41) is 3.14. The van der Waals surface area contributed by atoms with E-state index < -0.39 is 5.97 Å². The molecular weight excluding hydrogens is 271 g/mol. The normalized spacial score (nSPS) is 11.8. The summed E-state index contributed by atoms with van der Waals surface area (Å²) in [6, 6.07) is 11.0. The smallest absolute Gasteiger partial charge is 0.340 e. The van der Waals surface area contributed by atoms with Crippen molar-refractivity contribution in [3.05, 3.63) is 59.4 Å². The molecule has 0 aliphatic heterocycles. The number of benzene rings is 2. The molecule has 0 aromatic heterocycles. The zero-order valence-corrected chi connectivity index (χ0v) is 11.9. The third kappa shape index (κ3) is 3.31. The minimum Gasteiger partial charge on any atom is -0.465 e. The summed E-state index contributed by atoms with van der Waals surface area (Å²) >= 11 is 0. The molecule has 0 spiro atoms. The molecule has 4 nitrogen and oxygen atoms in total. The van der Waals surface area contributed by atoms with Crippen molar-refractivity contribution in [2.45, 2.75) is 13.0 Å². The van der Waals surface area contributed by atoms with E-state index in [-0.39, 0.29) is 11.9 Å². The number of methoxy groups -OCH3 is 1. The Bertz CT molecular complexity index is 658. The molecule has 0 fully saturated rings. The van der Waals surface area contributed by atoms with Crippen molar-refractivity contribution in [1.29, 1.82) is 0 Å². The second-order valence-electron chi connectivity index (χ2n) is 4.68. The van der Waals surface area contributed by atoms with Crippen LogP contribution in [0.1, 0.15) is 28.9 Å². The van der Waals surface area contributed by atoms with Gasteiger partial charge < -0.3 is 15.8 Å². The molecule has 0 bridgehead atoms. The first-order valence-electron chi connectivity index (χ1n) is 6.51. The van der Waals surface area contributed by atoms with E-state index in [1.165, 1.54) is 19.2 Å². The Labute approximate surface area is 122 Å². The van der Waals surface area contributed by atoms with Crippen molar-refractivity contribution >= 4 is 17.3 Å². The summed E-state index contributed by atoms with van der Waals surface area (Å²) in [7, 11) is 1.31. The molecule has 3 N–H and O–H groups in total. The SMILES string of the molecule is COC(=O)c1cccc(N)c1NC(C)c1cccc(F)c1. The number of hydrogen-bond acceptors (Lipinski definition) is 4. The molecular formula is C16H17FN2O2. The van der Waals surface area contributed by atoms with Crippen molar-refractivity contribution in [2.24, 2.45) is 0 Å². The number of nitrogens with two attached hydrogens (primary N) is 1. The maximum atomic E-state index is 13.3. The van der Waals surface area contributed by atoms with Crippen molar-refractivity contribution in [3.63, 3.8) is 0 Å². The summed E-state index contributed by atoms with van der Waals surface area (Å²) in [5.41, 5.74) is 7.95. The molecule has 2 aromatic carbocycles. The fraction of sp³-hybridized carbons (Fsp3) is 0.188. The van der Waals surface area contributed by atoms with Gasteiger partial charge in [-0.25, -0.2) is 9.18 Å². The molecule has 0 saturated heterocycles. The van der Waals surface area contributed by atoms with Gasteiger partial charge in [-0.15, -0.1) is 0 Å². The molecule has 1 unspecified atom stereocenters. The van der Waals surface area contributed by atoms with Gasteiger partial charge in [-0.1, -0.05) is 18.2 Å². The summed E-state index contributed by atoms with van der Waals surface area (Å²) in [6.45, 7) is 1.86. The third-order valence-electron chi connectivity index (χ3n) is 3.21. The van der Waals surface area contributed by atoms with Gasteiger partial charge >= 0.3 is 5.97 Å². The molecule has 0 amide bonds. The van der Waals surface area contributed by atoms with E-state index in [9.17, 15) is 9.18 Å². The van der Waals surface area contributed by atoms with Gasteiger partial charge in [0.05, 0.1) is 24.0 Å². The molecule has 110 valence electrons. The second kappa shape index (κ2) is 6.26. The minimum atomic E-state index is -0.476. The summed E-state index contributed by atoms with van der Waals surface area (Å²) in [6.07, 6.45) is 0. The lowest BCUT2D eigenvalue weighted by Crippen LogP contribution is -2.13. The lowest BCUT2D eigenvalue weighted by Gasteiger charge is -2.19. The number of esters is 1. The number of nitrogens with one attached hydrogen (secondary N) is 1. The summed E-state index contributed by atoms with van der Waals surface area (Å²) < 4.78 is 18.0. The van der Waals surface area contributed by atoms with E-state index in [1.807, 2.05) is 6.92 Å². The lowest BCUT2D eigenvalue weighted by atomic mass is 10.1. The van der Waals surface area contributed by atoms with E-state index in [0.29, 0.717) is 16.9 Å². The van der Waals surface area contributed by atoms with Gasteiger partial charge in [0.15, 0.2) is 0 Å². The molecule has 21 heavy (non-hydrogen) atoms. The molecule has 2 rings (SSSR count). The average Bonchev–Trinajstić information content (AvgIpc) is 2.48. The monoisotopic (exact) mass is 288 g/mol. The van der Waals surface area contributed by atoms with Crippen molar-refractivity contribution in [2.75, 3.05) is 18.2 Å². The first-order valence-corrected chi connectivity index (χ1v) is 6.51. The highest BCUT2D eigenvalue weighted by Crippen LogP contribution is 2.28. The van der Waals surface area contributed by atoms with Crippen LogP contribution in [0.15, 0.2) is 42.5 Å². The first-order chi connectivity index (χ1) is 10.0. The topological polar surface area (TPSA) is 64.3 Å². The Morgan fingerprint density at radius 1 is 1.29 bits per heavy atom. The van der Waals surface area contributed by atoms with Crippen LogP contribution in [0.3, 0.4) is 0 Å². The molecule has 0 saturated carbocycles. The molecule has 0 aliphatic rings. The summed E-state index contributed by atoms with van der Waals surface area (Å²) in [4.78, 5) is 11.8. The van der Waals surface area contributed by atoms with E-state index in [1.54, 1.807) is 30.3 Å². The van der Waals surface area contributed by atoms with Crippen LogP contribution >= 0.6 is 0 Å². The predicted octanol–water partition coefficient (Wildman–Crippen LogP) is 3.37. The summed E-state index contributed by atoms with van der Waals surface area (Å²) in [5.74, 6) is -0.786. The Hall–Kier alpha value is -2.56. The lowest BCUT2D eigenvalue weighted by molar-refractivity contribution is 0.0602. The molecule has 1 atom stereocenters. The Balaban J connectivity index is 2.33. The van der Waals surface area contributed by atoms with Crippen LogP contribution in [-0.4, -0.2) is 13.1 Å². The van der Waals surface area contributed by atoms with Crippen LogP contribution in [0.25, 0.3) is 0 Å². The van der Waals surface area contributed by atoms with Crippen LogP contribution in [-0.2, 0) is 4.74 Å².